The molecular formula is C20H21N5O4. The van der Waals surface area contributed by atoms with Gasteiger partial charge in [-0.15, -0.1) is 0 Å². The number of anilines is 1. The molecule has 150 valence electrons. The van der Waals surface area contributed by atoms with Gasteiger partial charge in [0.05, 0.1) is 5.39 Å². The maximum absolute atomic E-state index is 12.8. The maximum Gasteiger partial charge on any atom is 0.360 e. The number of carbonyl (C=O) groups is 2. The number of nitrogens with one attached hydrogen (secondary N) is 1. The van der Waals surface area contributed by atoms with Gasteiger partial charge in [0.2, 0.25) is 5.95 Å². The van der Waals surface area contributed by atoms with Crippen molar-refractivity contribution in [2.45, 2.75) is 33.4 Å². The van der Waals surface area contributed by atoms with Gasteiger partial charge in [-0.2, -0.15) is 5.10 Å². The summed E-state index contributed by atoms with van der Waals surface area (Å²) in [5.41, 5.74) is -0.297. The second-order valence-corrected chi connectivity index (χ2v) is 6.88. The van der Waals surface area contributed by atoms with Crippen LogP contribution in [0.25, 0.3) is 10.8 Å². The van der Waals surface area contributed by atoms with Crippen molar-refractivity contribution in [3.05, 3.63) is 58.8 Å². The molecule has 0 saturated heterocycles. The number of nitrogens with zero attached hydrogens (tertiary/aromatic N) is 4. The highest BCUT2D eigenvalue weighted by molar-refractivity contribution is 6.03. The largest absolute Gasteiger partial charge is 0.448 e. The summed E-state index contributed by atoms with van der Waals surface area (Å²) in [5.74, 6) is -1.12. The molecule has 3 aromatic rings. The van der Waals surface area contributed by atoms with Crippen LogP contribution in [0.5, 0.6) is 0 Å². The number of benzene rings is 1. The molecule has 9 heteroatoms. The molecule has 1 unspecified atom stereocenters. The van der Waals surface area contributed by atoms with E-state index in [9.17, 15) is 14.4 Å². The van der Waals surface area contributed by atoms with Gasteiger partial charge in [-0.25, -0.2) is 19.4 Å². The van der Waals surface area contributed by atoms with E-state index in [1.807, 2.05) is 13.8 Å². The van der Waals surface area contributed by atoms with Crippen molar-refractivity contribution in [1.29, 1.82) is 0 Å². The number of esters is 1. The van der Waals surface area contributed by atoms with E-state index in [0.29, 0.717) is 17.3 Å². The van der Waals surface area contributed by atoms with Gasteiger partial charge < -0.3 is 4.74 Å². The lowest BCUT2D eigenvalue weighted by Gasteiger charge is -2.15. The summed E-state index contributed by atoms with van der Waals surface area (Å²) >= 11 is 0. The smallest absolute Gasteiger partial charge is 0.360 e. The first-order valence-corrected chi connectivity index (χ1v) is 9.15. The first-order valence-electron chi connectivity index (χ1n) is 9.15. The first-order chi connectivity index (χ1) is 13.9. The number of hydrogen-bond donors (Lipinski definition) is 1. The van der Waals surface area contributed by atoms with Crippen LogP contribution in [0.4, 0.5) is 5.95 Å². The zero-order valence-corrected chi connectivity index (χ0v) is 16.3. The van der Waals surface area contributed by atoms with Crippen LogP contribution in [0, 0.1) is 5.92 Å². The lowest BCUT2D eigenvalue weighted by atomic mass is 10.1. The Kier molecular flexibility index (Phi) is 5.96. The minimum atomic E-state index is -1.11. The highest BCUT2D eigenvalue weighted by atomic mass is 16.5. The highest BCUT2D eigenvalue weighted by Gasteiger charge is 2.24. The van der Waals surface area contributed by atoms with Crippen LogP contribution >= 0.6 is 0 Å². The summed E-state index contributed by atoms with van der Waals surface area (Å²) in [5, 5.41) is 7.42. The highest BCUT2D eigenvalue weighted by Crippen LogP contribution is 2.15. The molecule has 0 radical (unpaired) electrons. The van der Waals surface area contributed by atoms with Gasteiger partial charge >= 0.3 is 5.97 Å². The van der Waals surface area contributed by atoms with E-state index in [0.717, 1.165) is 0 Å². The second kappa shape index (κ2) is 8.59. The summed E-state index contributed by atoms with van der Waals surface area (Å²) < 4.78 is 6.55. The number of carbonyl (C=O) groups excluding carboxylic acids is 2. The third kappa shape index (κ3) is 4.63. The topological polar surface area (TPSA) is 116 Å². The van der Waals surface area contributed by atoms with Gasteiger partial charge in [0, 0.05) is 24.3 Å². The number of aromatic nitrogens is 4. The van der Waals surface area contributed by atoms with Gasteiger partial charge in [0.15, 0.2) is 11.8 Å². The molecule has 9 nitrogen and oxygen atoms in total. The molecular weight excluding hydrogens is 374 g/mol. The molecule has 2 heterocycles. The van der Waals surface area contributed by atoms with Gasteiger partial charge in [-0.3, -0.25) is 14.9 Å². The van der Waals surface area contributed by atoms with Crippen molar-refractivity contribution in [1.82, 2.24) is 19.7 Å². The van der Waals surface area contributed by atoms with Gasteiger partial charge in [-0.1, -0.05) is 32.0 Å². The predicted octanol–water partition coefficient (Wildman–Crippen LogP) is 2.03. The third-order valence-electron chi connectivity index (χ3n) is 4.05. The Labute approximate surface area is 166 Å². The molecule has 1 N–H and O–H groups in total. The molecule has 2 aromatic heterocycles. The summed E-state index contributed by atoms with van der Waals surface area (Å²) in [6.07, 6.45) is 1.85. The lowest BCUT2D eigenvalue weighted by molar-refractivity contribution is -0.123. The lowest BCUT2D eigenvalue weighted by Crippen LogP contribution is -2.32. The maximum atomic E-state index is 12.8. The summed E-state index contributed by atoms with van der Waals surface area (Å²) in [4.78, 5) is 45.5. The second-order valence-electron chi connectivity index (χ2n) is 6.88. The van der Waals surface area contributed by atoms with E-state index in [1.54, 1.807) is 30.3 Å². The standard InChI is InChI=1S/C20H21N5O4/c1-12(2)11-25-18(27)15-8-5-4-7-14(15)16(24-25)19(28)29-13(3)17(26)23-20-21-9-6-10-22-20/h4-10,12-13H,11H2,1-3H3,(H,21,22,23,26). The summed E-state index contributed by atoms with van der Waals surface area (Å²) in [6.45, 7) is 5.67. The Morgan fingerprint density at radius 1 is 1.07 bits per heavy atom. The van der Waals surface area contributed by atoms with E-state index < -0.39 is 18.0 Å². The molecule has 3 rings (SSSR count). The molecule has 0 aliphatic rings. The van der Waals surface area contributed by atoms with E-state index in [2.05, 4.69) is 20.4 Å². The molecule has 0 aliphatic heterocycles. The Bertz CT molecular complexity index is 1090. The van der Waals surface area contributed by atoms with E-state index in [-0.39, 0.29) is 23.1 Å². The van der Waals surface area contributed by atoms with E-state index >= 15 is 0 Å². The van der Waals surface area contributed by atoms with Crippen molar-refractivity contribution >= 4 is 28.6 Å². The van der Waals surface area contributed by atoms with Crippen molar-refractivity contribution in [3.8, 4) is 0 Å². The molecule has 1 amide bonds. The van der Waals surface area contributed by atoms with Crippen LogP contribution in [0.2, 0.25) is 0 Å². The van der Waals surface area contributed by atoms with Crippen LogP contribution < -0.4 is 10.9 Å². The minimum absolute atomic E-state index is 0.0172. The molecule has 1 aromatic carbocycles. The molecule has 1 atom stereocenters. The van der Waals surface area contributed by atoms with E-state index in [1.165, 1.54) is 24.0 Å². The monoisotopic (exact) mass is 395 g/mol. The number of hydrogen-bond acceptors (Lipinski definition) is 7. The molecule has 0 bridgehead atoms. The van der Waals surface area contributed by atoms with Crippen molar-refractivity contribution < 1.29 is 14.3 Å². The number of ether oxygens (including phenoxy) is 1. The average Bonchev–Trinajstić information content (AvgIpc) is 2.70. The normalized spacial score (nSPS) is 12.0. The van der Waals surface area contributed by atoms with E-state index in [4.69, 9.17) is 4.74 Å². The van der Waals surface area contributed by atoms with Crippen LogP contribution in [0.15, 0.2) is 47.5 Å². The van der Waals surface area contributed by atoms with Crippen LogP contribution in [0.1, 0.15) is 31.3 Å². The summed E-state index contributed by atoms with van der Waals surface area (Å²) in [7, 11) is 0. The molecule has 0 aliphatic carbocycles. The zero-order valence-electron chi connectivity index (χ0n) is 16.3. The van der Waals surface area contributed by atoms with Gasteiger partial charge in [0.25, 0.3) is 11.5 Å². The minimum Gasteiger partial charge on any atom is -0.448 e. The van der Waals surface area contributed by atoms with Crippen molar-refractivity contribution in [2.75, 3.05) is 5.32 Å². The van der Waals surface area contributed by atoms with Crippen molar-refractivity contribution in [3.63, 3.8) is 0 Å². The Balaban J connectivity index is 1.87. The molecule has 0 saturated carbocycles. The van der Waals surface area contributed by atoms with Crippen molar-refractivity contribution in [2.24, 2.45) is 5.92 Å². The average molecular weight is 395 g/mol. The number of fused-ring (bicyclic) bond motifs is 1. The fraction of sp³-hybridized carbons (Fsp3) is 0.300. The molecule has 29 heavy (non-hydrogen) atoms. The third-order valence-corrected chi connectivity index (χ3v) is 4.05. The predicted molar refractivity (Wildman–Crippen MR) is 106 cm³/mol. The molecule has 0 fully saturated rings. The van der Waals surface area contributed by atoms with Crippen LogP contribution in [-0.2, 0) is 16.1 Å². The quantitative estimate of drug-likeness (QED) is 0.635. The van der Waals surface area contributed by atoms with Crippen LogP contribution in [-0.4, -0.2) is 37.7 Å². The van der Waals surface area contributed by atoms with Gasteiger partial charge in [-0.05, 0) is 25.0 Å². The fourth-order valence-corrected chi connectivity index (χ4v) is 2.70. The van der Waals surface area contributed by atoms with Crippen LogP contribution in [0.3, 0.4) is 0 Å². The SMILES string of the molecule is CC(C)Cn1nc(C(=O)OC(C)C(=O)Nc2ncccn2)c2ccccc2c1=O. The zero-order chi connectivity index (χ0) is 21.0. The fourth-order valence-electron chi connectivity index (χ4n) is 2.70. The first kappa shape index (κ1) is 20.1. The number of rotatable bonds is 6. The van der Waals surface area contributed by atoms with Gasteiger partial charge in [0.1, 0.15) is 0 Å². The Hall–Kier alpha value is -3.62. The summed E-state index contributed by atoms with van der Waals surface area (Å²) in [6, 6.07) is 8.30. The number of amides is 1. The molecule has 0 spiro atoms. The Morgan fingerprint density at radius 3 is 2.38 bits per heavy atom. The Morgan fingerprint density at radius 2 is 1.72 bits per heavy atom.